The Balaban J connectivity index is 1.61. The minimum atomic E-state index is -0.675. The number of halogens is 1. The van der Waals surface area contributed by atoms with Gasteiger partial charge in [0.1, 0.15) is 18.7 Å². The standard InChI is InChI=1S/C19H23FN2O4/c1-13(12-20)10-14-11-17(24)22(18(14)25)7-6-21-8-9-26-19(21)15-4-2-3-5-16(15)23/h2-5,14,19,23H,1,6-12H2. The number of carbonyl (C=O) groups excluding carboxylic acids is 2. The minimum Gasteiger partial charge on any atom is -0.508 e. The molecule has 3 rings (SSSR count). The maximum Gasteiger partial charge on any atom is 0.233 e. The normalized spacial score (nSPS) is 23.8. The molecule has 1 aromatic carbocycles. The Morgan fingerprint density at radius 2 is 2.08 bits per heavy atom. The van der Waals surface area contributed by atoms with Gasteiger partial charge in [0.05, 0.1) is 12.5 Å². The highest BCUT2D eigenvalue weighted by Crippen LogP contribution is 2.33. The molecular weight excluding hydrogens is 339 g/mol. The molecule has 2 atom stereocenters. The number of nitrogens with zero attached hydrogens (tertiary/aromatic N) is 2. The third kappa shape index (κ3) is 3.78. The molecule has 2 heterocycles. The summed E-state index contributed by atoms with van der Waals surface area (Å²) >= 11 is 0. The van der Waals surface area contributed by atoms with E-state index in [1.54, 1.807) is 18.2 Å². The topological polar surface area (TPSA) is 70.1 Å². The number of aromatic hydroxyl groups is 1. The summed E-state index contributed by atoms with van der Waals surface area (Å²) in [6.45, 7) is 4.77. The van der Waals surface area contributed by atoms with Gasteiger partial charge in [-0.2, -0.15) is 0 Å². The predicted octanol–water partition coefficient (Wildman–Crippen LogP) is 2.01. The molecular formula is C19H23FN2O4. The Kier molecular flexibility index (Phi) is 5.68. The summed E-state index contributed by atoms with van der Waals surface area (Å²) < 4.78 is 18.3. The molecule has 0 aromatic heterocycles. The average molecular weight is 362 g/mol. The summed E-state index contributed by atoms with van der Waals surface area (Å²) in [5.41, 5.74) is 1.01. The lowest BCUT2D eigenvalue weighted by Gasteiger charge is -2.25. The molecule has 1 aromatic rings. The van der Waals surface area contributed by atoms with E-state index in [4.69, 9.17) is 4.74 Å². The van der Waals surface area contributed by atoms with Crippen LogP contribution >= 0.6 is 0 Å². The summed E-state index contributed by atoms with van der Waals surface area (Å²) in [6, 6.07) is 6.96. The number of para-hydroxylation sites is 1. The third-order valence-electron chi connectivity index (χ3n) is 4.86. The van der Waals surface area contributed by atoms with Gasteiger partial charge in [0.2, 0.25) is 11.8 Å². The quantitative estimate of drug-likeness (QED) is 0.594. The SMILES string of the molecule is C=C(CF)CC1CC(=O)N(CCN2CCOC2c2ccccc2O)C1=O. The highest BCUT2D eigenvalue weighted by molar-refractivity contribution is 6.03. The number of hydrogen-bond acceptors (Lipinski definition) is 5. The fraction of sp³-hybridized carbons (Fsp3) is 0.474. The van der Waals surface area contributed by atoms with Crippen LogP contribution in [-0.4, -0.2) is 59.6 Å². The zero-order valence-electron chi connectivity index (χ0n) is 14.6. The first-order chi connectivity index (χ1) is 12.5. The highest BCUT2D eigenvalue weighted by Gasteiger charge is 2.39. The van der Waals surface area contributed by atoms with Crippen molar-refractivity contribution in [2.75, 3.05) is 32.9 Å². The molecule has 0 radical (unpaired) electrons. The smallest absolute Gasteiger partial charge is 0.233 e. The number of rotatable bonds is 7. The zero-order chi connectivity index (χ0) is 18.7. The minimum absolute atomic E-state index is 0.108. The van der Waals surface area contributed by atoms with Gasteiger partial charge >= 0.3 is 0 Å². The summed E-state index contributed by atoms with van der Waals surface area (Å²) in [5.74, 6) is -0.841. The second-order valence-electron chi connectivity index (χ2n) is 6.69. The van der Waals surface area contributed by atoms with Crippen LogP contribution in [0.1, 0.15) is 24.6 Å². The number of benzene rings is 1. The molecule has 2 aliphatic rings. The predicted molar refractivity (Wildman–Crippen MR) is 92.9 cm³/mol. The number of phenolic OH excluding ortho intramolecular Hbond substituents is 1. The van der Waals surface area contributed by atoms with Gasteiger partial charge in [-0.15, -0.1) is 0 Å². The molecule has 0 bridgehead atoms. The number of amides is 2. The van der Waals surface area contributed by atoms with Crippen LogP contribution in [-0.2, 0) is 14.3 Å². The molecule has 6 nitrogen and oxygen atoms in total. The molecule has 2 fully saturated rings. The lowest BCUT2D eigenvalue weighted by atomic mass is 9.99. The van der Waals surface area contributed by atoms with E-state index < -0.39 is 18.8 Å². The van der Waals surface area contributed by atoms with Crippen molar-refractivity contribution in [3.63, 3.8) is 0 Å². The van der Waals surface area contributed by atoms with E-state index in [-0.39, 0.29) is 37.0 Å². The Morgan fingerprint density at radius 1 is 1.31 bits per heavy atom. The van der Waals surface area contributed by atoms with Crippen LogP contribution in [0.15, 0.2) is 36.4 Å². The molecule has 26 heavy (non-hydrogen) atoms. The van der Waals surface area contributed by atoms with Gasteiger partial charge in [0.15, 0.2) is 0 Å². The second-order valence-corrected chi connectivity index (χ2v) is 6.69. The molecule has 2 saturated heterocycles. The molecule has 0 saturated carbocycles. The number of hydrogen-bond donors (Lipinski definition) is 1. The number of phenols is 1. The van der Waals surface area contributed by atoms with Crippen molar-refractivity contribution in [2.45, 2.75) is 19.1 Å². The summed E-state index contributed by atoms with van der Waals surface area (Å²) in [5, 5.41) is 10.0. The van der Waals surface area contributed by atoms with Crippen LogP contribution in [0, 0.1) is 5.92 Å². The Hall–Kier alpha value is -2.25. The van der Waals surface area contributed by atoms with Gasteiger partial charge in [-0.25, -0.2) is 4.39 Å². The number of alkyl halides is 1. The van der Waals surface area contributed by atoms with Gasteiger partial charge < -0.3 is 9.84 Å². The van der Waals surface area contributed by atoms with E-state index in [9.17, 15) is 19.1 Å². The van der Waals surface area contributed by atoms with E-state index in [1.807, 2.05) is 11.0 Å². The number of ether oxygens (including phenoxy) is 1. The second kappa shape index (κ2) is 7.97. The fourth-order valence-corrected chi connectivity index (χ4v) is 3.49. The summed E-state index contributed by atoms with van der Waals surface area (Å²) in [6.07, 6.45) is -0.0755. The summed E-state index contributed by atoms with van der Waals surface area (Å²) in [7, 11) is 0. The van der Waals surface area contributed by atoms with E-state index in [1.165, 1.54) is 4.90 Å². The van der Waals surface area contributed by atoms with Crippen molar-refractivity contribution in [1.82, 2.24) is 9.80 Å². The van der Waals surface area contributed by atoms with Crippen LogP contribution in [0.4, 0.5) is 4.39 Å². The number of imide groups is 1. The van der Waals surface area contributed by atoms with Gasteiger partial charge in [0.25, 0.3) is 0 Å². The lowest BCUT2D eigenvalue weighted by Crippen LogP contribution is -2.38. The number of allylic oxidation sites excluding steroid dienone is 1. The first-order valence-corrected chi connectivity index (χ1v) is 8.71. The Morgan fingerprint density at radius 3 is 2.81 bits per heavy atom. The lowest BCUT2D eigenvalue weighted by molar-refractivity contribution is -0.139. The van der Waals surface area contributed by atoms with Crippen LogP contribution in [0.2, 0.25) is 0 Å². The van der Waals surface area contributed by atoms with Crippen LogP contribution in [0.25, 0.3) is 0 Å². The maximum absolute atomic E-state index is 12.6. The molecule has 2 amide bonds. The van der Waals surface area contributed by atoms with Crippen LogP contribution < -0.4 is 0 Å². The first kappa shape index (κ1) is 18.5. The van der Waals surface area contributed by atoms with Crippen molar-refractivity contribution in [1.29, 1.82) is 0 Å². The van der Waals surface area contributed by atoms with Crippen molar-refractivity contribution < 1.29 is 23.8 Å². The molecule has 2 aliphatic heterocycles. The molecule has 0 spiro atoms. The van der Waals surface area contributed by atoms with Crippen LogP contribution in [0.5, 0.6) is 5.75 Å². The van der Waals surface area contributed by atoms with Gasteiger partial charge in [0, 0.05) is 31.6 Å². The van der Waals surface area contributed by atoms with E-state index in [0.29, 0.717) is 30.8 Å². The highest BCUT2D eigenvalue weighted by atomic mass is 19.1. The third-order valence-corrected chi connectivity index (χ3v) is 4.86. The van der Waals surface area contributed by atoms with Crippen molar-refractivity contribution >= 4 is 11.8 Å². The van der Waals surface area contributed by atoms with Crippen LogP contribution in [0.3, 0.4) is 0 Å². The number of likely N-dealkylation sites (tertiary alicyclic amines) is 1. The molecule has 0 aliphatic carbocycles. The van der Waals surface area contributed by atoms with E-state index in [0.717, 1.165) is 0 Å². The fourth-order valence-electron chi connectivity index (χ4n) is 3.49. The van der Waals surface area contributed by atoms with Gasteiger partial charge in [-0.3, -0.25) is 19.4 Å². The van der Waals surface area contributed by atoms with E-state index in [2.05, 4.69) is 6.58 Å². The molecule has 140 valence electrons. The largest absolute Gasteiger partial charge is 0.508 e. The van der Waals surface area contributed by atoms with Gasteiger partial charge in [-0.1, -0.05) is 24.8 Å². The van der Waals surface area contributed by atoms with Gasteiger partial charge in [-0.05, 0) is 18.1 Å². The Bertz CT molecular complexity index is 709. The van der Waals surface area contributed by atoms with Crippen molar-refractivity contribution in [3.05, 3.63) is 42.0 Å². The summed E-state index contributed by atoms with van der Waals surface area (Å²) in [4.78, 5) is 27.8. The average Bonchev–Trinajstić information content (AvgIpc) is 3.19. The monoisotopic (exact) mass is 362 g/mol. The molecule has 2 unspecified atom stereocenters. The zero-order valence-corrected chi connectivity index (χ0v) is 14.6. The maximum atomic E-state index is 12.6. The van der Waals surface area contributed by atoms with E-state index >= 15 is 0 Å². The molecule has 7 heteroatoms. The van der Waals surface area contributed by atoms with Crippen molar-refractivity contribution in [2.24, 2.45) is 5.92 Å². The molecule has 1 N–H and O–H groups in total. The van der Waals surface area contributed by atoms with Crippen molar-refractivity contribution in [3.8, 4) is 5.75 Å². The first-order valence-electron chi connectivity index (χ1n) is 8.71. The number of carbonyl (C=O) groups is 2. The Labute approximate surface area is 151 Å².